The van der Waals surface area contributed by atoms with Gasteiger partial charge in [-0.3, -0.25) is 10.1 Å². The maximum Gasteiger partial charge on any atom is 0.425 e. The highest BCUT2D eigenvalue weighted by molar-refractivity contribution is 5.61. The lowest BCUT2D eigenvalue weighted by molar-refractivity contribution is -0.388. The molecule has 1 heterocycles. The van der Waals surface area contributed by atoms with Crippen molar-refractivity contribution in [3.63, 3.8) is 0 Å². The minimum atomic E-state index is -5.21. The number of alkyl halides is 5. The first-order chi connectivity index (χ1) is 7.66. The SMILES string of the molecule is Nc1c(C(F)F)ncc([N+](=O)[O-])c1C(F)(F)F. The van der Waals surface area contributed by atoms with Crippen LogP contribution in [0.4, 0.5) is 33.3 Å². The Hall–Kier alpha value is -2.00. The number of halogens is 5. The van der Waals surface area contributed by atoms with Gasteiger partial charge >= 0.3 is 11.9 Å². The summed E-state index contributed by atoms with van der Waals surface area (Å²) in [5.41, 5.74) is -1.29. The van der Waals surface area contributed by atoms with E-state index in [2.05, 4.69) is 4.98 Å². The predicted octanol–water partition coefficient (Wildman–Crippen LogP) is 2.53. The first-order valence-electron chi connectivity index (χ1n) is 3.94. The quantitative estimate of drug-likeness (QED) is 0.501. The monoisotopic (exact) mass is 257 g/mol. The molecule has 1 rings (SSSR count). The number of pyridine rings is 1. The van der Waals surface area contributed by atoms with E-state index in [4.69, 9.17) is 5.73 Å². The standard InChI is InChI=1S/C7H4F5N3O2/c8-6(9)5-4(13)3(7(10,11)12)2(1-14-5)15(16)17/h1,6H,13H2. The number of hydrogen-bond acceptors (Lipinski definition) is 4. The summed E-state index contributed by atoms with van der Waals surface area (Å²) in [5, 5.41) is 10.3. The molecule has 94 valence electrons. The van der Waals surface area contributed by atoms with Crippen molar-refractivity contribution >= 4 is 11.4 Å². The molecule has 17 heavy (non-hydrogen) atoms. The zero-order valence-electron chi connectivity index (χ0n) is 7.83. The van der Waals surface area contributed by atoms with E-state index in [0.717, 1.165) is 0 Å². The van der Waals surface area contributed by atoms with Crippen LogP contribution in [-0.4, -0.2) is 9.91 Å². The average molecular weight is 257 g/mol. The molecule has 0 bridgehead atoms. The van der Waals surface area contributed by atoms with Crippen LogP contribution in [0.15, 0.2) is 6.20 Å². The van der Waals surface area contributed by atoms with Crippen LogP contribution in [0, 0.1) is 10.1 Å². The van der Waals surface area contributed by atoms with Crippen LogP contribution >= 0.6 is 0 Å². The molecule has 0 amide bonds. The molecule has 1 aromatic rings. The molecule has 0 unspecified atom stereocenters. The molecule has 2 N–H and O–H groups in total. The van der Waals surface area contributed by atoms with E-state index in [1.807, 2.05) is 0 Å². The van der Waals surface area contributed by atoms with Crippen molar-refractivity contribution in [3.8, 4) is 0 Å². The lowest BCUT2D eigenvalue weighted by atomic mass is 10.1. The van der Waals surface area contributed by atoms with Crippen LogP contribution in [0.25, 0.3) is 0 Å². The Balaban J connectivity index is 3.60. The summed E-state index contributed by atoms with van der Waals surface area (Å²) in [5.74, 6) is 0. The van der Waals surface area contributed by atoms with Crippen molar-refractivity contribution in [2.75, 3.05) is 5.73 Å². The van der Waals surface area contributed by atoms with Gasteiger partial charge in [-0.2, -0.15) is 13.2 Å². The Bertz CT molecular complexity index is 460. The van der Waals surface area contributed by atoms with Gasteiger partial charge in [0.05, 0.1) is 10.6 Å². The molecular formula is C7H4F5N3O2. The molecule has 0 saturated heterocycles. The van der Waals surface area contributed by atoms with Gasteiger partial charge in [0, 0.05) is 0 Å². The lowest BCUT2D eigenvalue weighted by Gasteiger charge is -2.12. The Morgan fingerprint density at radius 1 is 1.41 bits per heavy atom. The van der Waals surface area contributed by atoms with Gasteiger partial charge in [0.15, 0.2) is 5.56 Å². The Morgan fingerprint density at radius 2 is 1.94 bits per heavy atom. The number of nitrogens with two attached hydrogens (primary N) is 1. The van der Waals surface area contributed by atoms with E-state index < -0.39 is 40.2 Å². The zero-order valence-corrected chi connectivity index (χ0v) is 7.83. The second kappa shape index (κ2) is 4.11. The number of rotatable bonds is 2. The van der Waals surface area contributed by atoms with Crippen LogP contribution in [0.1, 0.15) is 17.7 Å². The molecule has 0 fully saturated rings. The van der Waals surface area contributed by atoms with Gasteiger partial charge in [-0.15, -0.1) is 0 Å². The van der Waals surface area contributed by atoms with E-state index in [1.165, 1.54) is 0 Å². The third-order valence-corrected chi connectivity index (χ3v) is 1.81. The van der Waals surface area contributed by atoms with Gasteiger partial charge in [0.2, 0.25) is 0 Å². The van der Waals surface area contributed by atoms with Gasteiger partial charge in [-0.05, 0) is 0 Å². The number of hydrogen-bond donors (Lipinski definition) is 1. The van der Waals surface area contributed by atoms with Crippen LogP contribution < -0.4 is 5.73 Å². The fourth-order valence-electron chi connectivity index (χ4n) is 1.14. The minimum Gasteiger partial charge on any atom is -0.396 e. The van der Waals surface area contributed by atoms with Gasteiger partial charge in [-0.1, -0.05) is 0 Å². The topological polar surface area (TPSA) is 82.0 Å². The summed E-state index contributed by atoms with van der Waals surface area (Å²) in [6.45, 7) is 0. The first-order valence-corrected chi connectivity index (χ1v) is 3.94. The van der Waals surface area contributed by atoms with Gasteiger partial charge < -0.3 is 5.73 Å². The minimum absolute atomic E-state index is 0.112. The van der Waals surface area contributed by atoms with Crippen molar-refractivity contribution in [3.05, 3.63) is 27.6 Å². The number of nitro groups is 1. The third-order valence-electron chi connectivity index (χ3n) is 1.81. The normalized spacial score (nSPS) is 11.9. The largest absolute Gasteiger partial charge is 0.425 e. The van der Waals surface area contributed by atoms with Crippen molar-refractivity contribution in [1.82, 2.24) is 4.98 Å². The van der Waals surface area contributed by atoms with Crippen molar-refractivity contribution in [2.24, 2.45) is 0 Å². The van der Waals surface area contributed by atoms with Crippen LogP contribution in [0.5, 0.6) is 0 Å². The third kappa shape index (κ3) is 2.40. The van der Waals surface area contributed by atoms with Gasteiger partial charge in [-0.25, -0.2) is 13.8 Å². The molecule has 0 atom stereocenters. The maximum absolute atomic E-state index is 12.5. The van der Waals surface area contributed by atoms with E-state index in [0.29, 0.717) is 0 Å². The number of nitrogen functional groups attached to an aromatic ring is 1. The molecule has 1 aromatic heterocycles. The number of anilines is 1. The zero-order chi connectivity index (χ0) is 13.4. The van der Waals surface area contributed by atoms with Crippen molar-refractivity contribution in [2.45, 2.75) is 12.6 Å². The summed E-state index contributed by atoms with van der Waals surface area (Å²) in [7, 11) is 0. The molecule has 5 nitrogen and oxygen atoms in total. The molecular weight excluding hydrogens is 253 g/mol. The predicted molar refractivity (Wildman–Crippen MR) is 45.3 cm³/mol. The fraction of sp³-hybridized carbons (Fsp3) is 0.286. The van der Waals surface area contributed by atoms with Crippen molar-refractivity contribution < 1.29 is 26.9 Å². The number of nitrogens with zero attached hydrogens (tertiary/aromatic N) is 2. The summed E-state index contributed by atoms with van der Waals surface area (Å²) in [6, 6.07) is 0. The van der Waals surface area contributed by atoms with Crippen LogP contribution in [-0.2, 0) is 6.18 Å². The van der Waals surface area contributed by atoms with E-state index in [9.17, 15) is 32.1 Å². The molecule has 0 aliphatic rings. The highest BCUT2D eigenvalue weighted by atomic mass is 19.4. The molecule has 0 aliphatic heterocycles. The smallest absolute Gasteiger partial charge is 0.396 e. The summed E-state index contributed by atoms with van der Waals surface area (Å²) < 4.78 is 61.9. The molecule has 10 heteroatoms. The molecule has 0 saturated carbocycles. The molecule has 0 spiro atoms. The summed E-state index contributed by atoms with van der Waals surface area (Å²) in [4.78, 5) is 11.8. The molecule has 0 aromatic carbocycles. The summed E-state index contributed by atoms with van der Waals surface area (Å²) in [6.07, 6.45) is -8.45. The van der Waals surface area contributed by atoms with E-state index in [1.54, 1.807) is 0 Å². The second-order valence-corrected chi connectivity index (χ2v) is 2.87. The van der Waals surface area contributed by atoms with Crippen molar-refractivity contribution in [1.29, 1.82) is 0 Å². The Morgan fingerprint density at radius 3 is 2.29 bits per heavy atom. The second-order valence-electron chi connectivity index (χ2n) is 2.87. The average Bonchev–Trinajstić information content (AvgIpc) is 2.14. The van der Waals surface area contributed by atoms with Crippen LogP contribution in [0.3, 0.4) is 0 Å². The first kappa shape index (κ1) is 13.1. The fourth-order valence-corrected chi connectivity index (χ4v) is 1.14. The van der Waals surface area contributed by atoms with Crippen LogP contribution in [0.2, 0.25) is 0 Å². The lowest BCUT2D eigenvalue weighted by Crippen LogP contribution is -2.15. The Labute approximate surface area is 90.2 Å². The highest BCUT2D eigenvalue weighted by Crippen LogP contribution is 2.42. The molecule has 0 radical (unpaired) electrons. The van der Waals surface area contributed by atoms with Gasteiger partial charge in [0.25, 0.3) is 6.43 Å². The molecule has 0 aliphatic carbocycles. The van der Waals surface area contributed by atoms with E-state index >= 15 is 0 Å². The van der Waals surface area contributed by atoms with E-state index in [-0.39, 0.29) is 6.20 Å². The number of aromatic nitrogens is 1. The highest BCUT2D eigenvalue weighted by Gasteiger charge is 2.42. The Kier molecular flexibility index (Phi) is 3.16. The maximum atomic E-state index is 12.5. The summed E-state index contributed by atoms with van der Waals surface area (Å²) >= 11 is 0. The van der Waals surface area contributed by atoms with Gasteiger partial charge in [0.1, 0.15) is 11.9 Å².